The van der Waals surface area contributed by atoms with Crippen molar-refractivity contribution in [3.05, 3.63) is 18.2 Å². The van der Waals surface area contributed by atoms with Gasteiger partial charge in [-0.05, 0) is 49.1 Å². The summed E-state index contributed by atoms with van der Waals surface area (Å²) in [5.41, 5.74) is 0. The number of carbonyl (C=O) groups is 1. The van der Waals surface area contributed by atoms with E-state index in [4.69, 9.17) is 9.47 Å². The highest BCUT2D eigenvalue weighted by atomic mass is 32.2. The van der Waals surface area contributed by atoms with Crippen molar-refractivity contribution in [3.8, 4) is 11.5 Å². The number of rotatable bonds is 4. The molecule has 0 aromatic heterocycles. The molecule has 2 heterocycles. The average molecular weight is 421 g/mol. The molecule has 1 amide bonds. The number of amides is 1. The van der Waals surface area contributed by atoms with E-state index in [1.54, 1.807) is 12.1 Å². The molecular formula is C21H28N2O5S. The van der Waals surface area contributed by atoms with Crippen LogP contribution in [0.5, 0.6) is 11.5 Å². The minimum absolute atomic E-state index is 0.193. The van der Waals surface area contributed by atoms with Crippen molar-refractivity contribution in [1.82, 2.24) is 9.21 Å². The molecule has 2 aliphatic carbocycles. The number of ether oxygens (including phenoxy) is 2. The van der Waals surface area contributed by atoms with Crippen molar-refractivity contribution >= 4 is 15.9 Å². The first kappa shape index (κ1) is 19.2. The van der Waals surface area contributed by atoms with E-state index in [-0.39, 0.29) is 10.8 Å². The largest absolute Gasteiger partial charge is 0.486 e. The Labute approximate surface area is 172 Å². The number of nitrogens with zero attached hydrogens (tertiary/aromatic N) is 2. The molecule has 0 unspecified atom stereocenters. The number of sulfonamides is 1. The fourth-order valence-electron chi connectivity index (χ4n) is 5.49. The summed E-state index contributed by atoms with van der Waals surface area (Å²) in [4.78, 5) is 14.8. The van der Waals surface area contributed by atoms with Crippen LogP contribution < -0.4 is 9.47 Å². The van der Waals surface area contributed by atoms with Crippen LogP contribution >= 0.6 is 0 Å². The van der Waals surface area contributed by atoms with Crippen LogP contribution in [0.3, 0.4) is 0 Å². The van der Waals surface area contributed by atoms with Crippen LogP contribution in [0.4, 0.5) is 0 Å². The minimum Gasteiger partial charge on any atom is -0.486 e. The Bertz CT molecular complexity index is 894. The Hall–Kier alpha value is -1.80. The predicted molar refractivity (Wildman–Crippen MR) is 106 cm³/mol. The minimum atomic E-state index is -3.61. The molecule has 4 aliphatic rings. The molecule has 2 bridgehead atoms. The van der Waals surface area contributed by atoms with Gasteiger partial charge in [-0.1, -0.05) is 6.42 Å². The first-order valence-corrected chi connectivity index (χ1v) is 12.1. The average Bonchev–Trinajstić information content (AvgIpc) is 3.36. The van der Waals surface area contributed by atoms with E-state index >= 15 is 0 Å². The Morgan fingerprint density at radius 2 is 1.76 bits per heavy atom. The van der Waals surface area contributed by atoms with Gasteiger partial charge in [0, 0.05) is 38.7 Å². The van der Waals surface area contributed by atoms with Crippen molar-refractivity contribution in [2.24, 2.45) is 17.8 Å². The van der Waals surface area contributed by atoms with Gasteiger partial charge in [0.25, 0.3) is 0 Å². The molecular weight excluding hydrogens is 392 g/mol. The third kappa shape index (κ3) is 3.61. The van der Waals surface area contributed by atoms with Crippen LogP contribution in [0.15, 0.2) is 23.1 Å². The van der Waals surface area contributed by atoms with E-state index in [9.17, 15) is 13.2 Å². The van der Waals surface area contributed by atoms with Crippen LogP contribution in [0.25, 0.3) is 0 Å². The highest BCUT2D eigenvalue weighted by molar-refractivity contribution is 7.89. The molecule has 2 aliphatic heterocycles. The Kier molecular flexibility index (Phi) is 4.94. The van der Waals surface area contributed by atoms with E-state index in [0.717, 1.165) is 11.8 Å². The normalized spacial score (nSPS) is 29.2. The lowest BCUT2D eigenvalue weighted by molar-refractivity contribution is -0.133. The molecule has 7 nitrogen and oxygen atoms in total. The molecule has 1 aromatic rings. The lowest BCUT2D eigenvalue weighted by Gasteiger charge is -2.35. The predicted octanol–water partition coefficient (Wildman–Crippen LogP) is 2.12. The molecule has 1 aromatic carbocycles. The molecule has 0 radical (unpaired) electrons. The molecule has 2 saturated carbocycles. The molecule has 158 valence electrons. The quantitative estimate of drug-likeness (QED) is 0.746. The maximum Gasteiger partial charge on any atom is 0.243 e. The summed E-state index contributed by atoms with van der Waals surface area (Å²) in [6.45, 7) is 2.47. The summed E-state index contributed by atoms with van der Waals surface area (Å²) in [5, 5.41) is 0. The first-order valence-electron chi connectivity index (χ1n) is 10.7. The molecule has 1 saturated heterocycles. The molecule has 5 rings (SSSR count). The van der Waals surface area contributed by atoms with Gasteiger partial charge in [0.1, 0.15) is 13.2 Å². The van der Waals surface area contributed by atoms with Crippen LogP contribution in [-0.2, 0) is 14.8 Å². The van der Waals surface area contributed by atoms with Crippen molar-refractivity contribution in [1.29, 1.82) is 0 Å². The summed E-state index contributed by atoms with van der Waals surface area (Å²) in [6, 6.07) is 4.75. The fourth-order valence-corrected chi connectivity index (χ4v) is 6.93. The zero-order valence-electron chi connectivity index (χ0n) is 16.6. The van der Waals surface area contributed by atoms with Crippen LogP contribution in [0, 0.1) is 17.8 Å². The lowest BCUT2D eigenvalue weighted by atomic mass is 9.86. The fraction of sp³-hybridized carbons (Fsp3) is 0.667. The first-order chi connectivity index (χ1) is 14.0. The zero-order chi connectivity index (χ0) is 20.0. The van der Waals surface area contributed by atoms with Gasteiger partial charge in [0.05, 0.1) is 4.90 Å². The molecule has 8 heteroatoms. The van der Waals surface area contributed by atoms with Gasteiger partial charge in [-0.15, -0.1) is 0 Å². The van der Waals surface area contributed by atoms with Crippen molar-refractivity contribution in [3.63, 3.8) is 0 Å². The molecule has 3 atom stereocenters. The topological polar surface area (TPSA) is 76.2 Å². The van der Waals surface area contributed by atoms with Gasteiger partial charge in [0.2, 0.25) is 15.9 Å². The van der Waals surface area contributed by atoms with Gasteiger partial charge in [-0.3, -0.25) is 4.79 Å². The third-order valence-corrected chi connectivity index (χ3v) is 8.96. The van der Waals surface area contributed by atoms with Crippen LogP contribution in [0.1, 0.15) is 32.1 Å². The Morgan fingerprint density at radius 3 is 2.45 bits per heavy atom. The number of hydrogen-bond donors (Lipinski definition) is 0. The summed E-state index contributed by atoms with van der Waals surface area (Å²) in [6.07, 6.45) is 5.76. The lowest BCUT2D eigenvalue weighted by Crippen LogP contribution is -2.50. The number of hydrogen-bond acceptors (Lipinski definition) is 5. The van der Waals surface area contributed by atoms with E-state index in [1.165, 1.54) is 36.1 Å². The van der Waals surface area contributed by atoms with Crippen LogP contribution in [-0.4, -0.2) is 62.9 Å². The molecule has 29 heavy (non-hydrogen) atoms. The Morgan fingerprint density at radius 1 is 1.00 bits per heavy atom. The summed E-state index contributed by atoms with van der Waals surface area (Å²) in [7, 11) is -3.61. The smallest absolute Gasteiger partial charge is 0.243 e. The third-order valence-electron chi connectivity index (χ3n) is 7.06. The number of piperazine rings is 1. The van der Waals surface area contributed by atoms with E-state index < -0.39 is 10.0 Å². The highest BCUT2D eigenvalue weighted by Gasteiger charge is 2.41. The van der Waals surface area contributed by atoms with E-state index in [1.807, 2.05) is 4.90 Å². The monoisotopic (exact) mass is 420 g/mol. The second-order valence-electron chi connectivity index (χ2n) is 8.73. The van der Waals surface area contributed by atoms with Crippen LogP contribution in [0.2, 0.25) is 0 Å². The summed E-state index contributed by atoms with van der Waals surface area (Å²) >= 11 is 0. The number of carbonyl (C=O) groups excluding carboxylic acids is 1. The van der Waals surface area contributed by atoms with E-state index in [0.29, 0.717) is 63.2 Å². The second-order valence-corrected chi connectivity index (χ2v) is 10.7. The zero-order valence-corrected chi connectivity index (χ0v) is 17.4. The van der Waals surface area contributed by atoms with Crippen molar-refractivity contribution in [2.45, 2.75) is 37.0 Å². The van der Waals surface area contributed by atoms with Gasteiger partial charge >= 0.3 is 0 Å². The van der Waals surface area contributed by atoms with Crippen molar-refractivity contribution in [2.75, 3.05) is 39.4 Å². The SMILES string of the molecule is O=C(C[C@@H]1C[C@@H]2CC[C@@H]1C2)N1CCN(S(=O)(=O)c2ccc3c(c2)OCCO3)CC1. The van der Waals surface area contributed by atoms with Gasteiger partial charge in [-0.25, -0.2) is 8.42 Å². The van der Waals surface area contributed by atoms with Gasteiger partial charge in [-0.2, -0.15) is 4.31 Å². The molecule has 3 fully saturated rings. The standard InChI is InChI=1S/C21H28N2O5S/c24-21(13-17-12-15-1-2-16(17)11-15)22-5-7-23(8-6-22)29(25,26)18-3-4-19-20(14-18)28-10-9-27-19/h3-4,14-17H,1-2,5-13H2/t15-,16-,17+/m1/s1. The molecule has 0 spiro atoms. The second kappa shape index (κ2) is 7.47. The maximum absolute atomic E-state index is 13.0. The maximum atomic E-state index is 13.0. The number of benzene rings is 1. The van der Waals surface area contributed by atoms with Crippen molar-refractivity contribution < 1.29 is 22.7 Å². The summed E-state index contributed by atoms with van der Waals surface area (Å²) in [5.74, 6) is 3.36. The number of fused-ring (bicyclic) bond motifs is 3. The highest BCUT2D eigenvalue weighted by Crippen LogP contribution is 2.49. The van der Waals surface area contributed by atoms with Gasteiger partial charge < -0.3 is 14.4 Å². The Balaban J connectivity index is 1.20. The van der Waals surface area contributed by atoms with Gasteiger partial charge in [0.15, 0.2) is 11.5 Å². The summed E-state index contributed by atoms with van der Waals surface area (Å²) < 4.78 is 38.5. The van der Waals surface area contributed by atoms with E-state index in [2.05, 4.69) is 0 Å². The molecule has 0 N–H and O–H groups in total.